The van der Waals surface area contributed by atoms with E-state index in [1.54, 1.807) is 11.0 Å². The minimum atomic E-state index is -0.544. The van der Waals surface area contributed by atoms with E-state index in [4.69, 9.17) is 10.5 Å². The lowest BCUT2D eigenvalue weighted by Crippen LogP contribution is -2.36. The second-order valence-electron chi connectivity index (χ2n) is 4.36. The van der Waals surface area contributed by atoms with Crippen LogP contribution in [-0.4, -0.2) is 30.0 Å². The highest BCUT2D eigenvalue weighted by Gasteiger charge is 2.31. The van der Waals surface area contributed by atoms with Gasteiger partial charge in [0.15, 0.2) is 18.2 Å². The Balaban J connectivity index is 1.96. The predicted molar refractivity (Wildman–Crippen MR) is 66.7 cm³/mol. The Hall–Kier alpha value is -1.78. The minimum absolute atomic E-state index is 0.0438. The van der Waals surface area contributed by atoms with E-state index in [1.165, 1.54) is 12.1 Å². The van der Waals surface area contributed by atoms with Gasteiger partial charge in [0, 0.05) is 12.6 Å². The van der Waals surface area contributed by atoms with Crippen LogP contribution in [0.5, 0.6) is 5.75 Å². The summed E-state index contributed by atoms with van der Waals surface area (Å²) in [5.41, 5.74) is 5.80. The van der Waals surface area contributed by atoms with Crippen molar-refractivity contribution >= 4 is 11.6 Å². The van der Waals surface area contributed by atoms with Crippen LogP contribution >= 0.6 is 0 Å². The molecule has 1 aromatic carbocycles. The molecule has 0 bridgehead atoms. The average molecular weight is 252 g/mol. The fourth-order valence-electron chi connectivity index (χ4n) is 1.92. The summed E-state index contributed by atoms with van der Waals surface area (Å²) in [6, 6.07) is 4.64. The van der Waals surface area contributed by atoms with E-state index in [-0.39, 0.29) is 24.0 Å². The first-order valence-corrected chi connectivity index (χ1v) is 6.09. The number of nitrogens with two attached hydrogens (primary N) is 1. The summed E-state index contributed by atoms with van der Waals surface area (Å²) in [5.74, 6) is -0.711. The van der Waals surface area contributed by atoms with Crippen molar-refractivity contribution in [2.45, 2.75) is 25.8 Å². The fraction of sp³-hybridized carbons (Fsp3) is 0.462. The second-order valence-corrected chi connectivity index (χ2v) is 4.36. The minimum Gasteiger partial charge on any atom is -0.479 e. The lowest BCUT2D eigenvalue weighted by molar-refractivity contribution is -0.133. The molecule has 0 atom stereocenters. The van der Waals surface area contributed by atoms with Crippen molar-refractivity contribution in [1.29, 1.82) is 0 Å². The highest BCUT2D eigenvalue weighted by molar-refractivity contribution is 5.78. The number of nitrogen functional groups attached to an aromatic ring is 1. The Labute approximate surface area is 106 Å². The maximum Gasteiger partial charge on any atom is 0.260 e. The van der Waals surface area contributed by atoms with Gasteiger partial charge in [0.1, 0.15) is 0 Å². The van der Waals surface area contributed by atoms with E-state index in [1.807, 2.05) is 6.92 Å². The molecule has 0 spiro atoms. The SMILES string of the molecule is CCN(C(=O)COc1c(N)cccc1F)C1CC1. The Morgan fingerprint density at radius 3 is 2.83 bits per heavy atom. The number of rotatable bonds is 5. The van der Waals surface area contributed by atoms with Gasteiger partial charge in [-0.1, -0.05) is 6.07 Å². The first-order chi connectivity index (χ1) is 8.63. The number of nitrogens with zero attached hydrogens (tertiary/aromatic N) is 1. The van der Waals surface area contributed by atoms with Crippen LogP contribution in [0.3, 0.4) is 0 Å². The fourth-order valence-corrected chi connectivity index (χ4v) is 1.92. The number of hydrogen-bond donors (Lipinski definition) is 1. The molecule has 0 saturated heterocycles. The van der Waals surface area contributed by atoms with Crippen molar-refractivity contribution in [3.8, 4) is 5.75 Å². The summed E-state index contributed by atoms with van der Waals surface area (Å²) >= 11 is 0. The quantitative estimate of drug-likeness (QED) is 0.813. The van der Waals surface area contributed by atoms with E-state index in [0.29, 0.717) is 12.6 Å². The van der Waals surface area contributed by atoms with Crippen LogP contribution in [0, 0.1) is 5.82 Å². The van der Waals surface area contributed by atoms with Crippen LogP contribution in [0.25, 0.3) is 0 Å². The van der Waals surface area contributed by atoms with Gasteiger partial charge < -0.3 is 15.4 Å². The number of amides is 1. The maximum atomic E-state index is 13.4. The van der Waals surface area contributed by atoms with Crippen molar-refractivity contribution in [2.75, 3.05) is 18.9 Å². The molecule has 5 heteroatoms. The van der Waals surface area contributed by atoms with Crippen molar-refractivity contribution < 1.29 is 13.9 Å². The number of benzene rings is 1. The summed E-state index contributed by atoms with van der Waals surface area (Å²) < 4.78 is 18.6. The summed E-state index contributed by atoms with van der Waals surface area (Å²) in [6.45, 7) is 2.41. The van der Waals surface area contributed by atoms with Gasteiger partial charge >= 0.3 is 0 Å². The number of carbonyl (C=O) groups is 1. The smallest absolute Gasteiger partial charge is 0.260 e. The number of carbonyl (C=O) groups excluding carboxylic acids is 1. The monoisotopic (exact) mass is 252 g/mol. The molecule has 4 nitrogen and oxygen atoms in total. The summed E-state index contributed by atoms with van der Waals surface area (Å²) in [6.07, 6.45) is 2.09. The third-order valence-electron chi connectivity index (χ3n) is 2.99. The molecule has 1 aromatic rings. The molecule has 0 aromatic heterocycles. The molecule has 98 valence electrons. The third kappa shape index (κ3) is 2.72. The molecule has 2 rings (SSSR count). The topological polar surface area (TPSA) is 55.6 Å². The second kappa shape index (κ2) is 5.25. The van der Waals surface area contributed by atoms with Gasteiger partial charge in [-0.2, -0.15) is 0 Å². The van der Waals surface area contributed by atoms with E-state index in [9.17, 15) is 9.18 Å². The van der Waals surface area contributed by atoms with Gasteiger partial charge in [0.05, 0.1) is 5.69 Å². The Morgan fingerprint density at radius 2 is 2.28 bits per heavy atom. The van der Waals surface area contributed by atoms with Crippen molar-refractivity contribution in [3.05, 3.63) is 24.0 Å². The molecule has 1 fully saturated rings. The number of halogens is 1. The lowest BCUT2D eigenvalue weighted by atomic mass is 10.3. The zero-order valence-electron chi connectivity index (χ0n) is 10.4. The molecular weight excluding hydrogens is 235 g/mol. The molecule has 1 aliphatic carbocycles. The molecular formula is C13H17FN2O2. The van der Waals surface area contributed by atoms with Crippen molar-refractivity contribution in [2.24, 2.45) is 0 Å². The first kappa shape index (κ1) is 12.7. The van der Waals surface area contributed by atoms with Crippen LogP contribution in [-0.2, 0) is 4.79 Å². The van der Waals surface area contributed by atoms with Gasteiger partial charge in [-0.25, -0.2) is 4.39 Å². The van der Waals surface area contributed by atoms with Crippen molar-refractivity contribution in [3.63, 3.8) is 0 Å². The first-order valence-electron chi connectivity index (χ1n) is 6.09. The molecule has 18 heavy (non-hydrogen) atoms. The maximum absolute atomic E-state index is 13.4. The number of hydrogen-bond acceptors (Lipinski definition) is 3. The van der Waals surface area contributed by atoms with Gasteiger partial charge in [0.2, 0.25) is 0 Å². The highest BCUT2D eigenvalue weighted by Crippen LogP contribution is 2.27. The van der Waals surface area contributed by atoms with Gasteiger partial charge in [-0.3, -0.25) is 4.79 Å². The van der Waals surface area contributed by atoms with Crippen LogP contribution in [0.2, 0.25) is 0 Å². The summed E-state index contributed by atoms with van der Waals surface area (Å²) in [4.78, 5) is 13.7. The van der Waals surface area contributed by atoms with E-state index in [2.05, 4.69) is 0 Å². The number of likely N-dealkylation sites (N-methyl/N-ethyl adjacent to an activating group) is 1. The zero-order chi connectivity index (χ0) is 13.1. The Bertz CT molecular complexity index is 426. The van der Waals surface area contributed by atoms with E-state index >= 15 is 0 Å². The van der Waals surface area contributed by atoms with Gasteiger partial charge in [-0.05, 0) is 31.9 Å². The largest absolute Gasteiger partial charge is 0.479 e. The van der Waals surface area contributed by atoms with Gasteiger partial charge in [0.25, 0.3) is 5.91 Å². The van der Waals surface area contributed by atoms with Crippen LogP contribution in [0.15, 0.2) is 18.2 Å². The number of anilines is 1. The van der Waals surface area contributed by atoms with Crippen LogP contribution < -0.4 is 10.5 Å². The number of ether oxygens (including phenoxy) is 1. The van der Waals surface area contributed by atoms with Gasteiger partial charge in [-0.15, -0.1) is 0 Å². The summed E-state index contributed by atoms with van der Waals surface area (Å²) in [5, 5.41) is 0. The van der Waals surface area contributed by atoms with Crippen LogP contribution in [0.1, 0.15) is 19.8 Å². The number of para-hydroxylation sites is 1. The summed E-state index contributed by atoms with van der Waals surface area (Å²) in [7, 11) is 0. The molecule has 0 unspecified atom stereocenters. The molecule has 0 radical (unpaired) electrons. The standard InChI is InChI=1S/C13H17FN2O2/c1-2-16(9-6-7-9)12(17)8-18-13-10(14)4-3-5-11(13)15/h3-5,9H,2,6-8,15H2,1H3. The molecule has 0 aliphatic heterocycles. The van der Waals surface area contributed by atoms with Crippen LogP contribution in [0.4, 0.5) is 10.1 Å². The average Bonchev–Trinajstić information content (AvgIpc) is 3.14. The molecule has 1 amide bonds. The normalized spacial score (nSPS) is 14.3. The van der Waals surface area contributed by atoms with E-state index < -0.39 is 5.82 Å². The van der Waals surface area contributed by atoms with Crippen molar-refractivity contribution in [1.82, 2.24) is 4.90 Å². The molecule has 1 saturated carbocycles. The van der Waals surface area contributed by atoms with E-state index in [0.717, 1.165) is 12.8 Å². The highest BCUT2D eigenvalue weighted by atomic mass is 19.1. The predicted octanol–water partition coefficient (Wildman–Crippen LogP) is 1.80. The molecule has 0 heterocycles. The molecule has 2 N–H and O–H groups in total. The zero-order valence-corrected chi connectivity index (χ0v) is 10.4. The third-order valence-corrected chi connectivity index (χ3v) is 2.99. The lowest BCUT2D eigenvalue weighted by Gasteiger charge is -2.20. The molecule has 1 aliphatic rings. The Kier molecular flexibility index (Phi) is 3.69. The Morgan fingerprint density at radius 1 is 1.56 bits per heavy atom.